The van der Waals surface area contributed by atoms with Crippen LogP contribution in [0.4, 0.5) is 0 Å². The molecule has 2 atom stereocenters. The van der Waals surface area contributed by atoms with E-state index in [2.05, 4.69) is 9.97 Å². The van der Waals surface area contributed by atoms with Gasteiger partial charge in [0.2, 0.25) is 0 Å². The molecule has 9 nitrogen and oxygen atoms in total. The highest BCUT2D eigenvalue weighted by atomic mass is 16.5. The van der Waals surface area contributed by atoms with E-state index < -0.39 is 5.97 Å². The number of carbonyl (C=O) groups is 1. The third kappa shape index (κ3) is 3.10. The van der Waals surface area contributed by atoms with Crippen molar-refractivity contribution in [2.75, 3.05) is 6.61 Å². The minimum Gasteiger partial charge on any atom is -0.481 e. The molecule has 1 fully saturated rings. The molecule has 1 saturated heterocycles. The highest BCUT2D eigenvalue weighted by molar-refractivity contribution is 5.69. The number of imidazole rings is 1. The Bertz CT molecular complexity index is 768. The molecular weight excluding hydrogens is 304 g/mol. The Morgan fingerprint density at radius 3 is 2.87 bits per heavy atom. The summed E-state index contributed by atoms with van der Waals surface area (Å²) in [6, 6.07) is 0. The Hall–Kier alpha value is -2.26. The number of aryl methyl sites for hydroxylation is 1. The Morgan fingerprint density at radius 2 is 2.17 bits per heavy atom. The van der Waals surface area contributed by atoms with Crippen molar-refractivity contribution < 1.29 is 19.7 Å². The summed E-state index contributed by atoms with van der Waals surface area (Å²) in [5.74, 6) is -0.895. The van der Waals surface area contributed by atoms with Gasteiger partial charge in [-0.25, -0.2) is 9.97 Å². The average Bonchev–Trinajstić information content (AvgIpc) is 3.15. The molecule has 124 valence electrons. The fourth-order valence-electron chi connectivity index (χ4n) is 2.74. The van der Waals surface area contributed by atoms with Gasteiger partial charge in [0.05, 0.1) is 19.0 Å². The van der Waals surface area contributed by atoms with Crippen molar-refractivity contribution in [1.29, 1.82) is 0 Å². The molecule has 0 radical (unpaired) electrons. The molecule has 3 rings (SSSR count). The summed E-state index contributed by atoms with van der Waals surface area (Å²) in [4.78, 5) is 31.3. The normalized spacial score (nSPS) is 21.1. The molecule has 1 aliphatic rings. The lowest BCUT2D eigenvalue weighted by Gasteiger charge is -2.13. The maximum atomic E-state index is 12.4. The minimum atomic E-state index is -0.895. The van der Waals surface area contributed by atoms with Gasteiger partial charge < -0.3 is 14.9 Å². The van der Waals surface area contributed by atoms with Crippen molar-refractivity contribution in [3.05, 3.63) is 23.0 Å². The molecule has 9 heteroatoms. The lowest BCUT2D eigenvalue weighted by atomic mass is 10.2. The maximum Gasteiger partial charge on any atom is 0.303 e. The van der Waals surface area contributed by atoms with Crippen LogP contribution in [0.15, 0.2) is 17.4 Å². The van der Waals surface area contributed by atoms with Crippen LogP contribution in [0.3, 0.4) is 0 Å². The van der Waals surface area contributed by atoms with Crippen LogP contribution in [0.25, 0.3) is 11.2 Å². The summed E-state index contributed by atoms with van der Waals surface area (Å²) in [6.07, 6.45) is 4.26. The van der Waals surface area contributed by atoms with E-state index in [1.165, 1.54) is 17.2 Å². The Balaban J connectivity index is 1.83. The molecule has 0 aliphatic carbocycles. The number of fused-ring (bicyclic) bond motifs is 1. The number of aromatic nitrogens is 4. The SMILES string of the molecule is O=C(O)CCCn1cnc2c(ncn2[C@H]2CC[C@@H](CO)O2)c1=O. The van der Waals surface area contributed by atoms with Gasteiger partial charge in [0.25, 0.3) is 5.56 Å². The number of hydrogen-bond acceptors (Lipinski definition) is 6. The van der Waals surface area contributed by atoms with E-state index in [1.54, 1.807) is 4.57 Å². The molecule has 0 saturated carbocycles. The molecule has 1 aliphatic heterocycles. The Morgan fingerprint density at radius 1 is 1.35 bits per heavy atom. The zero-order valence-corrected chi connectivity index (χ0v) is 12.5. The number of ether oxygens (including phenoxy) is 1. The number of aliphatic hydroxyl groups is 1. The van der Waals surface area contributed by atoms with Crippen LogP contribution in [-0.2, 0) is 16.1 Å². The topological polar surface area (TPSA) is 119 Å². The third-order valence-corrected chi connectivity index (χ3v) is 3.94. The summed E-state index contributed by atoms with van der Waals surface area (Å²) >= 11 is 0. The number of aliphatic carboxylic acids is 1. The number of aliphatic hydroxyl groups excluding tert-OH is 1. The van der Waals surface area contributed by atoms with Gasteiger partial charge in [-0.15, -0.1) is 0 Å². The summed E-state index contributed by atoms with van der Waals surface area (Å²) in [5, 5.41) is 17.8. The Labute approximate surface area is 131 Å². The molecule has 0 amide bonds. The first-order valence-corrected chi connectivity index (χ1v) is 7.50. The van der Waals surface area contributed by atoms with Crippen molar-refractivity contribution in [3.8, 4) is 0 Å². The largest absolute Gasteiger partial charge is 0.481 e. The smallest absolute Gasteiger partial charge is 0.303 e. The summed E-state index contributed by atoms with van der Waals surface area (Å²) in [5.41, 5.74) is 0.378. The van der Waals surface area contributed by atoms with Crippen LogP contribution in [0, 0.1) is 0 Å². The van der Waals surface area contributed by atoms with Crippen LogP contribution < -0.4 is 5.56 Å². The van der Waals surface area contributed by atoms with E-state index >= 15 is 0 Å². The fraction of sp³-hybridized carbons (Fsp3) is 0.571. The van der Waals surface area contributed by atoms with Gasteiger partial charge in [-0.1, -0.05) is 0 Å². The molecule has 0 unspecified atom stereocenters. The summed E-state index contributed by atoms with van der Waals surface area (Å²) in [7, 11) is 0. The predicted molar refractivity (Wildman–Crippen MR) is 78.9 cm³/mol. The van der Waals surface area contributed by atoms with Crippen LogP contribution in [0.1, 0.15) is 31.9 Å². The van der Waals surface area contributed by atoms with Crippen LogP contribution >= 0.6 is 0 Å². The molecule has 2 N–H and O–H groups in total. The molecule has 3 heterocycles. The number of nitrogens with zero attached hydrogens (tertiary/aromatic N) is 4. The molecule has 2 aromatic heterocycles. The second-order valence-electron chi connectivity index (χ2n) is 5.54. The van der Waals surface area contributed by atoms with Crippen molar-refractivity contribution in [1.82, 2.24) is 19.1 Å². The van der Waals surface area contributed by atoms with Gasteiger partial charge in [0.1, 0.15) is 12.6 Å². The van der Waals surface area contributed by atoms with E-state index in [0.717, 1.165) is 12.8 Å². The highest BCUT2D eigenvalue weighted by Crippen LogP contribution is 2.29. The second kappa shape index (κ2) is 6.47. The van der Waals surface area contributed by atoms with Crippen LogP contribution in [0.2, 0.25) is 0 Å². The molecule has 0 bridgehead atoms. The van der Waals surface area contributed by atoms with Crippen molar-refractivity contribution >= 4 is 17.1 Å². The maximum absolute atomic E-state index is 12.4. The van der Waals surface area contributed by atoms with E-state index in [0.29, 0.717) is 12.1 Å². The monoisotopic (exact) mass is 322 g/mol. The van der Waals surface area contributed by atoms with Crippen molar-refractivity contribution in [2.24, 2.45) is 0 Å². The molecule has 2 aromatic rings. The van der Waals surface area contributed by atoms with Gasteiger partial charge in [-0.05, 0) is 19.3 Å². The third-order valence-electron chi connectivity index (χ3n) is 3.94. The van der Waals surface area contributed by atoms with E-state index in [1.807, 2.05) is 0 Å². The lowest BCUT2D eigenvalue weighted by molar-refractivity contribution is -0.137. The van der Waals surface area contributed by atoms with E-state index in [-0.39, 0.29) is 43.0 Å². The van der Waals surface area contributed by atoms with Crippen molar-refractivity contribution in [3.63, 3.8) is 0 Å². The highest BCUT2D eigenvalue weighted by Gasteiger charge is 2.27. The minimum absolute atomic E-state index is 0.00260. The first kappa shape index (κ1) is 15.6. The number of rotatable bonds is 6. The average molecular weight is 322 g/mol. The quantitative estimate of drug-likeness (QED) is 0.775. The molecule has 0 spiro atoms. The van der Waals surface area contributed by atoms with Crippen molar-refractivity contribution in [2.45, 2.75) is 44.6 Å². The zero-order valence-electron chi connectivity index (χ0n) is 12.5. The van der Waals surface area contributed by atoms with E-state index in [4.69, 9.17) is 14.9 Å². The Kier molecular flexibility index (Phi) is 4.39. The van der Waals surface area contributed by atoms with Gasteiger partial charge in [0, 0.05) is 13.0 Å². The number of hydrogen-bond donors (Lipinski definition) is 2. The van der Waals surface area contributed by atoms with Gasteiger partial charge in [0.15, 0.2) is 11.2 Å². The molecular formula is C14H18N4O5. The lowest BCUT2D eigenvalue weighted by Crippen LogP contribution is -2.22. The first-order valence-electron chi connectivity index (χ1n) is 7.50. The van der Waals surface area contributed by atoms with Gasteiger partial charge in [-0.2, -0.15) is 0 Å². The standard InChI is InChI=1S/C14H18N4O5/c19-6-9-3-4-10(23-9)18-8-15-12-13(18)16-7-17(14(12)22)5-1-2-11(20)21/h7-10,19H,1-6H2,(H,20,21)/t9-,10+/m0/s1. The van der Waals surface area contributed by atoms with Crippen LogP contribution in [-0.4, -0.2) is 48.0 Å². The van der Waals surface area contributed by atoms with E-state index in [9.17, 15) is 9.59 Å². The van der Waals surface area contributed by atoms with Gasteiger partial charge >= 0.3 is 5.97 Å². The molecule has 0 aromatic carbocycles. The fourth-order valence-corrected chi connectivity index (χ4v) is 2.74. The number of carboxylic acid groups (broad SMARTS) is 1. The summed E-state index contributed by atoms with van der Waals surface area (Å²) < 4.78 is 8.76. The number of carboxylic acids is 1. The molecule has 23 heavy (non-hydrogen) atoms. The first-order chi connectivity index (χ1) is 11.1. The van der Waals surface area contributed by atoms with Crippen LogP contribution in [0.5, 0.6) is 0 Å². The zero-order chi connectivity index (χ0) is 16.4. The van der Waals surface area contributed by atoms with Gasteiger partial charge in [-0.3, -0.25) is 18.7 Å². The summed E-state index contributed by atoms with van der Waals surface area (Å²) in [6.45, 7) is 0.250. The second-order valence-corrected chi connectivity index (χ2v) is 5.54. The predicted octanol–water partition coefficient (Wildman–Crippen LogP) is 0.128.